The van der Waals surface area contributed by atoms with E-state index in [2.05, 4.69) is 44.2 Å². The number of unbranched alkanes of at least 4 members (excludes halogenated alkanes) is 8. The molecule has 0 spiro atoms. The van der Waals surface area contributed by atoms with Gasteiger partial charge in [0.15, 0.2) is 0 Å². The summed E-state index contributed by atoms with van der Waals surface area (Å²) >= 11 is 1.79. The Balaban J connectivity index is 2.52. The van der Waals surface area contributed by atoms with Crippen LogP contribution in [0.2, 0.25) is 0 Å². The number of aliphatic carboxylic acids is 1. The standard InChI is InChI=1S/C29H49O6PS/c1-3-5-7-8-9-10-11-15-20-34-27(23-35-29(32,36-33)22-28(30)31)24-37-21-19-26(16-6-4-2)25-17-13-12-14-18-25/h12-14,17-18,26-27,32H,3-11,15-16,19-24H2,1-2H3,(H,30,31). The normalized spacial score (nSPS) is 14.9. The zero-order chi connectivity index (χ0) is 27.2. The van der Waals surface area contributed by atoms with Crippen molar-refractivity contribution in [2.75, 3.05) is 24.7 Å². The van der Waals surface area contributed by atoms with Gasteiger partial charge >= 0.3 is 5.97 Å². The van der Waals surface area contributed by atoms with Gasteiger partial charge in [0.2, 0.25) is 8.46 Å². The fourth-order valence-electron chi connectivity index (χ4n) is 4.26. The molecule has 6 nitrogen and oxygen atoms in total. The summed E-state index contributed by atoms with van der Waals surface area (Å²) in [6, 6.07) is 10.7. The van der Waals surface area contributed by atoms with E-state index >= 15 is 0 Å². The molecule has 37 heavy (non-hydrogen) atoms. The first kappa shape index (κ1) is 34.0. The van der Waals surface area contributed by atoms with Crippen molar-refractivity contribution in [2.45, 2.75) is 115 Å². The van der Waals surface area contributed by atoms with Crippen LogP contribution in [0, 0.1) is 0 Å². The van der Waals surface area contributed by atoms with Gasteiger partial charge in [0.05, 0.1) is 12.7 Å². The fourth-order valence-corrected chi connectivity index (χ4v) is 5.66. The molecule has 8 heteroatoms. The highest BCUT2D eigenvalue weighted by molar-refractivity contribution is 7.99. The number of rotatable bonds is 25. The summed E-state index contributed by atoms with van der Waals surface area (Å²) in [5.74, 6) is 0.905. The van der Waals surface area contributed by atoms with E-state index in [1.165, 1.54) is 63.4 Å². The minimum absolute atomic E-state index is 0.000978. The van der Waals surface area contributed by atoms with Gasteiger partial charge in [-0.1, -0.05) is 102 Å². The number of hydrogen-bond donors (Lipinski definition) is 2. The quantitative estimate of drug-likeness (QED) is 0.0715. The molecule has 0 fully saturated rings. The second kappa shape index (κ2) is 21.9. The van der Waals surface area contributed by atoms with E-state index in [-0.39, 0.29) is 12.7 Å². The third kappa shape index (κ3) is 17.3. The Morgan fingerprint density at radius 3 is 2.24 bits per heavy atom. The van der Waals surface area contributed by atoms with Gasteiger partial charge in [-0.15, -0.1) is 0 Å². The second-order valence-corrected chi connectivity index (χ2v) is 11.8. The molecule has 0 saturated carbocycles. The minimum atomic E-state index is -2.23. The van der Waals surface area contributed by atoms with E-state index in [1.54, 1.807) is 11.8 Å². The number of carboxylic acids is 1. The van der Waals surface area contributed by atoms with Crippen LogP contribution in [0.4, 0.5) is 0 Å². The van der Waals surface area contributed by atoms with Crippen molar-refractivity contribution in [3.63, 3.8) is 0 Å². The van der Waals surface area contributed by atoms with Gasteiger partial charge in [0.1, 0.15) is 6.42 Å². The van der Waals surface area contributed by atoms with Crippen molar-refractivity contribution in [2.24, 2.45) is 0 Å². The SMILES string of the molecule is CCCCCCCCCCOC(COC(O)(CC(=O)O)P=O)CSCCC(CCCC)c1ccccc1. The van der Waals surface area contributed by atoms with Crippen molar-refractivity contribution >= 4 is 26.2 Å². The monoisotopic (exact) mass is 556 g/mol. The van der Waals surface area contributed by atoms with E-state index < -0.39 is 26.4 Å². The maximum Gasteiger partial charge on any atom is 0.309 e. The number of aliphatic hydroxyl groups is 1. The summed E-state index contributed by atoms with van der Waals surface area (Å²) in [5, 5.41) is 19.2. The highest BCUT2D eigenvalue weighted by atomic mass is 32.2. The Labute approximate surface area is 230 Å². The van der Waals surface area contributed by atoms with Gasteiger partial charge in [-0.2, -0.15) is 11.8 Å². The molecule has 0 saturated heterocycles. The molecule has 0 amide bonds. The van der Waals surface area contributed by atoms with Crippen molar-refractivity contribution in [1.82, 2.24) is 0 Å². The molecule has 0 aromatic heterocycles. The van der Waals surface area contributed by atoms with Crippen LogP contribution in [0.1, 0.15) is 109 Å². The highest BCUT2D eigenvalue weighted by Gasteiger charge is 2.33. The van der Waals surface area contributed by atoms with Crippen LogP contribution in [0.5, 0.6) is 0 Å². The molecule has 1 aromatic carbocycles. The maximum absolute atomic E-state index is 11.4. The average Bonchev–Trinajstić information content (AvgIpc) is 2.90. The van der Waals surface area contributed by atoms with Crippen molar-refractivity contribution in [1.29, 1.82) is 0 Å². The fraction of sp³-hybridized carbons (Fsp3) is 0.759. The molecule has 0 aliphatic rings. The van der Waals surface area contributed by atoms with E-state index in [0.29, 0.717) is 18.3 Å². The lowest BCUT2D eigenvalue weighted by Gasteiger charge is -2.24. The van der Waals surface area contributed by atoms with Gasteiger partial charge in [-0.3, -0.25) is 9.36 Å². The highest BCUT2D eigenvalue weighted by Crippen LogP contribution is 2.29. The van der Waals surface area contributed by atoms with Gasteiger partial charge in [-0.25, -0.2) is 0 Å². The van der Waals surface area contributed by atoms with Crippen LogP contribution in [0.3, 0.4) is 0 Å². The molecule has 0 aliphatic carbocycles. The third-order valence-electron chi connectivity index (χ3n) is 6.47. The lowest BCUT2D eigenvalue weighted by atomic mass is 9.91. The van der Waals surface area contributed by atoms with Crippen LogP contribution in [0.15, 0.2) is 30.3 Å². The number of carbonyl (C=O) groups is 1. The van der Waals surface area contributed by atoms with Gasteiger partial charge in [0, 0.05) is 12.4 Å². The van der Waals surface area contributed by atoms with Crippen LogP contribution >= 0.6 is 20.2 Å². The van der Waals surface area contributed by atoms with Crippen LogP contribution < -0.4 is 0 Å². The zero-order valence-corrected chi connectivity index (χ0v) is 24.7. The summed E-state index contributed by atoms with van der Waals surface area (Å²) in [6.45, 7) is 5.04. The van der Waals surface area contributed by atoms with Gasteiger partial charge < -0.3 is 19.7 Å². The third-order valence-corrected chi connectivity index (χ3v) is 8.17. The van der Waals surface area contributed by atoms with E-state index in [4.69, 9.17) is 14.6 Å². The van der Waals surface area contributed by atoms with Crippen molar-refractivity contribution < 1.29 is 29.0 Å². The molecule has 1 rings (SSSR count). The number of thioether (sulfide) groups is 1. The molecular weight excluding hydrogens is 507 g/mol. The molecule has 3 unspecified atom stereocenters. The number of hydrogen-bond acceptors (Lipinski definition) is 6. The predicted molar refractivity (Wildman–Crippen MR) is 154 cm³/mol. The molecular formula is C29H49O6PS. The molecule has 0 bridgehead atoms. The molecule has 0 heterocycles. The molecule has 0 radical (unpaired) electrons. The van der Waals surface area contributed by atoms with E-state index in [0.717, 1.165) is 25.0 Å². The van der Waals surface area contributed by atoms with Gasteiger partial charge in [0.25, 0.3) is 5.53 Å². The smallest absolute Gasteiger partial charge is 0.309 e. The van der Waals surface area contributed by atoms with Gasteiger partial charge in [-0.05, 0) is 36.5 Å². The Bertz CT molecular complexity index is 707. The Hall–Kier alpha value is -0.980. The lowest BCUT2D eigenvalue weighted by Crippen LogP contribution is -2.34. The molecule has 2 N–H and O–H groups in total. The Morgan fingerprint density at radius 1 is 0.973 bits per heavy atom. The first-order chi connectivity index (χ1) is 17.9. The molecule has 3 atom stereocenters. The number of carboxylic acid groups (broad SMARTS) is 1. The van der Waals surface area contributed by atoms with Crippen LogP contribution in [-0.2, 0) is 18.8 Å². The van der Waals surface area contributed by atoms with E-state index in [1.807, 2.05) is 0 Å². The summed E-state index contributed by atoms with van der Waals surface area (Å²) < 4.78 is 22.8. The summed E-state index contributed by atoms with van der Waals surface area (Å²) in [5.41, 5.74) is -0.842. The minimum Gasteiger partial charge on any atom is -0.481 e. The molecule has 212 valence electrons. The Kier molecular flexibility index (Phi) is 20.2. The average molecular weight is 557 g/mol. The summed E-state index contributed by atoms with van der Waals surface area (Å²) in [7, 11) is -0.759. The molecule has 0 aliphatic heterocycles. The number of benzene rings is 1. The maximum atomic E-state index is 11.4. The summed E-state index contributed by atoms with van der Waals surface area (Å²) in [4.78, 5) is 11.0. The largest absolute Gasteiger partial charge is 0.481 e. The lowest BCUT2D eigenvalue weighted by molar-refractivity contribution is -0.175. The Morgan fingerprint density at radius 2 is 1.62 bits per heavy atom. The zero-order valence-electron chi connectivity index (χ0n) is 22.9. The van der Waals surface area contributed by atoms with Crippen LogP contribution in [-0.4, -0.2) is 52.5 Å². The topological polar surface area (TPSA) is 93.1 Å². The van der Waals surface area contributed by atoms with Crippen molar-refractivity contribution in [3.05, 3.63) is 35.9 Å². The predicted octanol–water partition coefficient (Wildman–Crippen LogP) is 8.04. The summed E-state index contributed by atoms with van der Waals surface area (Å²) in [6.07, 6.45) is 13.3. The number of ether oxygens (including phenoxy) is 2. The van der Waals surface area contributed by atoms with Crippen molar-refractivity contribution in [3.8, 4) is 0 Å². The second-order valence-electron chi connectivity index (χ2n) is 9.80. The van der Waals surface area contributed by atoms with Crippen LogP contribution in [0.25, 0.3) is 0 Å². The first-order valence-electron chi connectivity index (χ1n) is 14.1. The molecule has 1 aromatic rings. The first-order valence-corrected chi connectivity index (χ1v) is 16.1. The van der Waals surface area contributed by atoms with E-state index in [9.17, 15) is 14.5 Å².